The molecule has 1 aromatic carbocycles. The largest absolute Gasteiger partial charge is 0.526 e. The molecule has 0 aliphatic heterocycles. The second-order valence-electron chi connectivity index (χ2n) is 6.44. The smallest absolute Gasteiger partial charge is 0.421 e. The van der Waals surface area contributed by atoms with E-state index in [0.717, 1.165) is 10.3 Å². The highest BCUT2D eigenvalue weighted by Gasteiger charge is 2.19. The molecule has 0 saturated carbocycles. The molecule has 0 amide bonds. The van der Waals surface area contributed by atoms with Crippen LogP contribution in [0.4, 0.5) is 0 Å². The average molecular weight is 462 g/mol. The van der Waals surface area contributed by atoms with Crippen LogP contribution >= 0.6 is 15.9 Å². The predicted octanol–water partition coefficient (Wildman–Crippen LogP) is 5.06. The molecular weight excluding hydrogens is 439 g/mol. The number of rotatable bonds is 2. The number of hydrogen-bond donors (Lipinski definition) is 2. The fourth-order valence-corrected chi connectivity index (χ4v) is 2.50. The third-order valence-electron chi connectivity index (χ3n) is 3.87. The summed E-state index contributed by atoms with van der Waals surface area (Å²) >= 11 is 3.23. The van der Waals surface area contributed by atoms with Gasteiger partial charge in [-0.15, -0.1) is 0 Å². The zero-order valence-corrected chi connectivity index (χ0v) is 18.5. The number of nitrogens with zero attached hydrogens (tertiary/aromatic N) is 2. The highest BCUT2D eigenvalue weighted by atomic mass is 79.9. The lowest BCUT2D eigenvalue weighted by atomic mass is 9.78. The zero-order valence-electron chi connectivity index (χ0n) is 16.9. The van der Waals surface area contributed by atoms with Crippen LogP contribution in [0, 0.1) is 19.9 Å². The van der Waals surface area contributed by atoms with Gasteiger partial charge in [-0.2, -0.15) is 0 Å². The molecule has 0 saturated heterocycles. The minimum Gasteiger partial charge on any atom is -0.421 e. The molecule has 3 aromatic rings. The predicted molar refractivity (Wildman–Crippen MR) is 126 cm³/mol. The third-order valence-corrected chi connectivity index (χ3v) is 4.34. The lowest BCUT2D eigenvalue weighted by molar-refractivity contribution is 0.420. The molecule has 1 aliphatic carbocycles. The monoisotopic (exact) mass is 461 g/mol. The Hall–Kier alpha value is -2.89. The van der Waals surface area contributed by atoms with Crippen molar-refractivity contribution in [3.63, 3.8) is 0 Å². The molecular formula is C24H23BBrN2O2+. The normalized spacial score (nSPS) is 11.2. The van der Waals surface area contributed by atoms with Crippen LogP contribution in [0.3, 0.4) is 0 Å². The van der Waals surface area contributed by atoms with Crippen molar-refractivity contribution in [2.45, 2.75) is 13.8 Å². The van der Waals surface area contributed by atoms with E-state index >= 15 is 0 Å². The minimum absolute atomic E-state index is 0.400. The highest BCUT2D eigenvalue weighted by Crippen LogP contribution is 2.15. The molecule has 2 heterocycles. The lowest BCUT2D eigenvalue weighted by Gasteiger charge is -1.99. The van der Waals surface area contributed by atoms with E-state index in [1.807, 2.05) is 62.6 Å². The van der Waals surface area contributed by atoms with Gasteiger partial charge in [-0.25, -0.2) is 4.98 Å². The lowest BCUT2D eigenvalue weighted by Crippen LogP contribution is -2.14. The third kappa shape index (κ3) is 8.64. The average Bonchev–Trinajstić information content (AvgIpc) is 2.78. The molecule has 0 spiro atoms. The van der Waals surface area contributed by atoms with Crippen molar-refractivity contribution in [3.8, 4) is 11.3 Å². The summed E-state index contributed by atoms with van der Waals surface area (Å²) in [4.78, 5) is 8.34. The summed E-state index contributed by atoms with van der Waals surface area (Å²) in [7, 11) is -1.40. The van der Waals surface area contributed by atoms with Gasteiger partial charge in [0.15, 0.2) is 0 Å². The van der Waals surface area contributed by atoms with Gasteiger partial charge in [-0.05, 0) is 53.0 Å². The molecule has 4 rings (SSSR count). The van der Waals surface area contributed by atoms with Gasteiger partial charge in [0.2, 0.25) is 0 Å². The number of halogens is 1. The Morgan fingerprint density at radius 3 is 1.93 bits per heavy atom. The standard InChI is InChI=1S/C12H11N.C6H6BO2.C6H6BrN/c1-10-7-8-12(13-9-10)11-5-3-2-4-6-11;8-7(9)6-4-2-1-3-5-6;1-5-2-3-6(7)8-4-5/h2-9H,1H3;1-4,8-9H;2-4H,1H3/q;+1;. The van der Waals surface area contributed by atoms with Crippen LogP contribution in [0.25, 0.3) is 11.3 Å². The van der Waals surface area contributed by atoms with E-state index in [0.29, 0.717) is 5.47 Å². The molecule has 0 bridgehead atoms. The molecule has 6 heteroatoms. The number of hydrogen-bond acceptors (Lipinski definition) is 4. The molecule has 1 aliphatic rings. The Labute approximate surface area is 186 Å². The molecule has 0 radical (unpaired) electrons. The summed E-state index contributed by atoms with van der Waals surface area (Å²) in [6.45, 7) is 4.06. The van der Waals surface area contributed by atoms with Crippen LogP contribution in [-0.2, 0) is 0 Å². The molecule has 150 valence electrons. The van der Waals surface area contributed by atoms with Crippen LogP contribution in [0.1, 0.15) is 11.1 Å². The van der Waals surface area contributed by atoms with Crippen LogP contribution in [0.15, 0.2) is 101 Å². The maximum absolute atomic E-state index is 8.55. The van der Waals surface area contributed by atoms with Gasteiger partial charge in [0.05, 0.1) is 5.69 Å². The Morgan fingerprint density at radius 1 is 0.833 bits per heavy atom. The van der Waals surface area contributed by atoms with Crippen molar-refractivity contribution in [1.29, 1.82) is 0 Å². The van der Waals surface area contributed by atoms with Gasteiger partial charge in [-0.1, -0.05) is 42.5 Å². The molecule has 30 heavy (non-hydrogen) atoms. The Balaban J connectivity index is 0.000000167. The topological polar surface area (TPSA) is 66.2 Å². The van der Waals surface area contributed by atoms with E-state index in [1.165, 1.54) is 16.7 Å². The number of aryl methyl sites for hydroxylation is 2. The first-order valence-corrected chi connectivity index (χ1v) is 10.1. The number of pyridine rings is 2. The van der Waals surface area contributed by atoms with Gasteiger partial charge >= 0.3 is 7.12 Å². The van der Waals surface area contributed by atoms with Crippen LogP contribution in [0.2, 0.25) is 0 Å². The zero-order chi connectivity index (χ0) is 21.8. The summed E-state index contributed by atoms with van der Waals surface area (Å²) in [5.41, 5.74) is 4.99. The molecule has 0 fully saturated rings. The van der Waals surface area contributed by atoms with Gasteiger partial charge < -0.3 is 10.0 Å². The summed E-state index contributed by atoms with van der Waals surface area (Å²) in [6, 6.07) is 18.3. The minimum atomic E-state index is -1.40. The first-order chi connectivity index (χ1) is 14.5. The summed E-state index contributed by atoms with van der Waals surface area (Å²) in [6.07, 6.45) is 13.1. The summed E-state index contributed by atoms with van der Waals surface area (Å²) in [5, 5.41) is 17.1. The second-order valence-corrected chi connectivity index (χ2v) is 7.25. The van der Waals surface area contributed by atoms with Gasteiger partial charge in [-0.3, -0.25) is 4.98 Å². The second kappa shape index (κ2) is 12.6. The number of aromatic nitrogens is 2. The number of allylic oxidation sites excluding steroid dienone is 6. The van der Waals surface area contributed by atoms with Crippen LogP contribution in [-0.4, -0.2) is 27.1 Å². The maximum atomic E-state index is 8.55. The fourth-order valence-electron chi connectivity index (χ4n) is 2.27. The van der Waals surface area contributed by atoms with E-state index in [-0.39, 0.29) is 0 Å². The molecule has 2 N–H and O–H groups in total. The highest BCUT2D eigenvalue weighted by molar-refractivity contribution is 9.10. The van der Waals surface area contributed by atoms with E-state index in [9.17, 15) is 0 Å². The van der Waals surface area contributed by atoms with Crippen molar-refractivity contribution < 1.29 is 10.0 Å². The summed E-state index contributed by atoms with van der Waals surface area (Å²) in [5.74, 6) is 0. The van der Waals surface area contributed by atoms with Crippen LogP contribution in [0.5, 0.6) is 0 Å². The van der Waals surface area contributed by atoms with Crippen LogP contribution < -0.4 is 0 Å². The van der Waals surface area contributed by atoms with Crippen molar-refractivity contribution in [3.05, 3.63) is 119 Å². The van der Waals surface area contributed by atoms with Crippen molar-refractivity contribution in [2.75, 3.05) is 0 Å². The van der Waals surface area contributed by atoms with E-state index < -0.39 is 7.12 Å². The Kier molecular flexibility index (Phi) is 9.85. The van der Waals surface area contributed by atoms with Gasteiger partial charge in [0.1, 0.15) is 16.2 Å². The maximum Gasteiger partial charge on any atom is 0.526 e. The van der Waals surface area contributed by atoms with Gasteiger partial charge in [0, 0.05) is 42.3 Å². The van der Waals surface area contributed by atoms with E-state index in [1.54, 1.807) is 24.3 Å². The van der Waals surface area contributed by atoms with E-state index in [2.05, 4.69) is 50.2 Å². The Bertz CT molecular complexity index is 963. The first kappa shape index (κ1) is 23.4. The summed E-state index contributed by atoms with van der Waals surface area (Å²) < 4.78 is 0.892. The van der Waals surface area contributed by atoms with Crippen molar-refractivity contribution >= 4 is 23.0 Å². The van der Waals surface area contributed by atoms with Crippen molar-refractivity contribution in [2.24, 2.45) is 0 Å². The SMILES string of the molecule is Cc1ccc(-c2ccccc2)nc1.Cc1ccc(Br)nc1.OB(O)C1=CC=CC=[C+]1. The molecule has 0 unspecified atom stereocenters. The fraction of sp³-hybridized carbons (Fsp3) is 0.0833. The van der Waals surface area contributed by atoms with Crippen molar-refractivity contribution in [1.82, 2.24) is 9.97 Å². The van der Waals surface area contributed by atoms with Gasteiger partial charge in [0.25, 0.3) is 0 Å². The van der Waals surface area contributed by atoms with E-state index in [4.69, 9.17) is 10.0 Å². The molecule has 0 atom stereocenters. The molecule has 2 aromatic heterocycles. The first-order valence-electron chi connectivity index (χ1n) is 9.34. The molecule has 4 nitrogen and oxygen atoms in total. The number of benzene rings is 1. The quantitative estimate of drug-likeness (QED) is 0.318. The Morgan fingerprint density at radius 2 is 1.50 bits per heavy atom.